The second-order valence-corrected chi connectivity index (χ2v) is 16.4. The molecule has 0 fully saturated rings. The number of rotatable bonds is 7. The lowest BCUT2D eigenvalue weighted by Crippen LogP contribution is -2.19. The van der Waals surface area contributed by atoms with Gasteiger partial charge in [-0.1, -0.05) is 170 Å². The van der Waals surface area contributed by atoms with E-state index in [-0.39, 0.29) is 0 Å². The first-order chi connectivity index (χ1) is 30.7. The Morgan fingerprint density at radius 1 is 0.371 bits per heavy atom. The monoisotopic (exact) mass is 791 g/mol. The summed E-state index contributed by atoms with van der Waals surface area (Å²) in [6.07, 6.45) is 6.45. The van der Waals surface area contributed by atoms with Gasteiger partial charge in [-0.25, -0.2) is 0 Å². The first-order valence-corrected chi connectivity index (χ1v) is 21.5. The van der Waals surface area contributed by atoms with Crippen molar-refractivity contribution in [3.63, 3.8) is 0 Å². The number of benzene rings is 10. The van der Waals surface area contributed by atoms with E-state index in [0.717, 1.165) is 51.7 Å². The van der Waals surface area contributed by atoms with Crippen molar-refractivity contribution < 1.29 is 4.42 Å². The highest BCUT2D eigenvalue weighted by Crippen LogP contribution is 2.43. The highest BCUT2D eigenvalue weighted by molar-refractivity contribution is 6.13. The van der Waals surface area contributed by atoms with Crippen LogP contribution in [0.2, 0.25) is 0 Å². The van der Waals surface area contributed by atoms with E-state index in [1.54, 1.807) is 0 Å². The van der Waals surface area contributed by atoms with Crippen LogP contribution in [0.15, 0.2) is 235 Å². The summed E-state index contributed by atoms with van der Waals surface area (Å²) in [6, 6.07) is 77.3. The van der Waals surface area contributed by atoms with Crippen molar-refractivity contribution >= 4 is 71.2 Å². The Balaban J connectivity index is 0.979. The predicted molar refractivity (Wildman–Crippen MR) is 263 cm³/mol. The summed E-state index contributed by atoms with van der Waals surface area (Å²) in [6.45, 7) is 0. The van der Waals surface area contributed by atoms with Gasteiger partial charge in [0.05, 0.1) is 0 Å². The normalized spacial score (nSPS) is 12.9. The van der Waals surface area contributed by atoms with Crippen LogP contribution in [-0.4, -0.2) is 0 Å². The predicted octanol–water partition coefficient (Wildman–Crippen LogP) is 16.9. The Hall–Kier alpha value is -7.94. The molecular weight excluding hydrogens is 751 g/mol. The van der Waals surface area contributed by atoms with Crippen LogP contribution in [0.25, 0.3) is 93.2 Å². The minimum Gasteiger partial charge on any atom is -0.455 e. The maximum absolute atomic E-state index is 6.82. The average molecular weight is 792 g/mol. The molecule has 0 saturated heterocycles. The van der Waals surface area contributed by atoms with Crippen molar-refractivity contribution in [1.82, 2.24) is 0 Å². The van der Waals surface area contributed by atoms with Gasteiger partial charge in [0.25, 0.3) is 0 Å². The molecule has 0 saturated carbocycles. The number of hydrogen-bond donors (Lipinski definition) is 0. The van der Waals surface area contributed by atoms with E-state index in [4.69, 9.17) is 4.42 Å². The van der Waals surface area contributed by atoms with Gasteiger partial charge in [-0.3, -0.25) is 0 Å². The van der Waals surface area contributed by atoms with Crippen LogP contribution in [0.1, 0.15) is 18.4 Å². The van der Waals surface area contributed by atoms with Gasteiger partial charge in [0.15, 0.2) is 0 Å². The molecule has 2 heteroatoms. The standard InChI is InChI=1S/C60H41NO/c1-3-13-44-36-50(25-23-40(44)11-1)43-29-33-53(34-30-43)61(52-31-27-42(28-32-52)46-17-9-18-47(35-46)51-26-24-41-12-2-4-14-45(41)37-51)58-22-8-7-19-54(58)55-20-10-21-56-57-38-48-15-5-6-16-49(48)39-59(57)62-60(55)56/h1-7,9-21,23-39H,8,22H2. The first kappa shape index (κ1) is 36.0. The van der Waals surface area contributed by atoms with E-state index in [1.807, 2.05) is 0 Å². The third-order valence-corrected chi connectivity index (χ3v) is 12.7. The summed E-state index contributed by atoms with van der Waals surface area (Å²) in [5.41, 5.74) is 14.8. The highest BCUT2D eigenvalue weighted by atomic mass is 16.3. The Bertz CT molecular complexity index is 3570. The van der Waals surface area contributed by atoms with Crippen molar-refractivity contribution in [2.24, 2.45) is 0 Å². The molecule has 1 aliphatic rings. The van der Waals surface area contributed by atoms with Gasteiger partial charge in [-0.15, -0.1) is 0 Å². The van der Waals surface area contributed by atoms with Crippen LogP contribution >= 0.6 is 0 Å². The zero-order chi connectivity index (χ0) is 41.0. The molecule has 12 rings (SSSR count). The van der Waals surface area contributed by atoms with Crippen molar-refractivity contribution in [3.8, 4) is 33.4 Å². The lowest BCUT2D eigenvalue weighted by atomic mass is 9.93. The van der Waals surface area contributed by atoms with Gasteiger partial charge >= 0.3 is 0 Å². The minimum atomic E-state index is 0.883. The van der Waals surface area contributed by atoms with Gasteiger partial charge < -0.3 is 9.32 Å². The van der Waals surface area contributed by atoms with Crippen LogP contribution < -0.4 is 4.90 Å². The molecule has 62 heavy (non-hydrogen) atoms. The minimum absolute atomic E-state index is 0.883. The maximum Gasteiger partial charge on any atom is 0.143 e. The molecule has 292 valence electrons. The molecule has 0 spiro atoms. The molecule has 0 bridgehead atoms. The van der Waals surface area contributed by atoms with Crippen LogP contribution in [0.3, 0.4) is 0 Å². The molecule has 2 nitrogen and oxygen atoms in total. The number of nitrogens with zero attached hydrogens (tertiary/aromatic N) is 1. The number of anilines is 2. The Morgan fingerprint density at radius 2 is 0.871 bits per heavy atom. The summed E-state index contributed by atoms with van der Waals surface area (Å²) in [5.74, 6) is 0. The van der Waals surface area contributed by atoms with Gasteiger partial charge in [-0.05, 0) is 133 Å². The van der Waals surface area contributed by atoms with E-state index in [1.165, 1.54) is 77.0 Å². The maximum atomic E-state index is 6.82. The van der Waals surface area contributed by atoms with E-state index < -0.39 is 0 Å². The Labute approximate surface area is 360 Å². The zero-order valence-corrected chi connectivity index (χ0v) is 34.1. The number of allylic oxidation sites excluding steroid dienone is 4. The summed E-state index contributed by atoms with van der Waals surface area (Å²) in [4.78, 5) is 2.47. The molecule has 1 aliphatic carbocycles. The number of para-hydroxylation sites is 1. The number of fused-ring (bicyclic) bond motifs is 6. The van der Waals surface area contributed by atoms with Gasteiger partial charge in [-0.2, -0.15) is 0 Å². The van der Waals surface area contributed by atoms with Crippen LogP contribution in [0, 0.1) is 0 Å². The fourth-order valence-corrected chi connectivity index (χ4v) is 9.51. The highest BCUT2D eigenvalue weighted by Gasteiger charge is 2.24. The van der Waals surface area contributed by atoms with E-state index in [2.05, 4.69) is 229 Å². The first-order valence-electron chi connectivity index (χ1n) is 21.5. The fraction of sp³-hybridized carbons (Fsp3) is 0.0333. The molecule has 0 unspecified atom stereocenters. The van der Waals surface area contributed by atoms with Gasteiger partial charge in [0, 0.05) is 39.0 Å². The lowest BCUT2D eigenvalue weighted by Gasteiger charge is -2.31. The fourth-order valence-electron chi connectivity index (χ4n) is 9.51. The molecule has 1 aromatic heterocycles. The average Bonchev–Trinajstić information content (AvgIpc) is 3.71. The third kappa shape index (κ3) is 6.36. The summed E-state index contributed by atoms with van der Waals surface area (Å²) >= 11 is 0. The second kappa shape index (κ2) is 15.0. The molecule has 0 aliphatic heterocycles. The Morgan fingerprint density at radius 3 is 1.50 bits per heavy atom. The summed E-state index contributed by atoms with van der Waals surface area (Å²) < 4.78 is 6.82. The Kier molecular flexibility index (Phi) is 8.67. The van der Waals surface area contributed by atoms with E-state index in [0.29, 0.717) is 0 Å². The van der Waals surface area contributed by atoms with Crippen molar-refractivity contribution in [2.75, 3.05) is 4.90 Å². The molecule has 10 aromatic carbocycles. The van der Waals surface area contributed by atoms with Crippen LogP contribution in [0.4, 0.5) is 11.4 Å². The molecule has 1 heterocycles. The molecule has 0 atom stereocenters. The van der Waals surface area contributed by atoms with Crippen LogP contribution in [-0.2, 0) is 0 Å². The quantitative estimate of drug-likeness (QED) is 0.160. The molecule has 0 radical (unpaired) electrons. The van der Waals surface area contributed by atoms with Gasteiger partial charge in [0.2, 0.25) is 0 Å². The van der Waals surface area contributed by atoms with Crippen molar-refractivity contribution in [3.05, 3.63) is 236 Å². The topological polar surface area (TPSA) is 16.4 Å². The van der Waals surface area contributed by atoms with Crippen molar-refractivity contribution in [1.29, 1.82) is 0 Å². The number of hydrogen-bond acceptors (Lipinski definition) is 2. The molecule has 0 amide bonds. The largest absolute Gasteiger partial charge is 0.455 e. The van der Waals surface area contributed by atoms with E-state index >= 15 is 0 Å². The van der Waals surface area contributed by atoms with Gasteiger partial charge in [0.1, 0.15) is 11.2 Å². The molecule has 0 N–H and O–H groups in total. The summed E-state index contributed by atoms with van der Waals surface area (Å²) in [7, 11) is 0. The number of furan rings is 1. The third-order valence-electron chi connectivity index (χ3n) is 12.7. The zero-order valence-electron chi connectivity index (χ0n) is 34.1. The van der Waals surface area contributed by atoms with E-state index in [9.17, 15) is 0 Å². The molecule has 11 aromatic rings. The lowest BCUT2D eigenvalue weighted by molar-refractivity contribution is 0.668. The van der Waals surface area contributed by atoms with Crippen molar-refractivity contribution in [2.45, 2.75) is 12.8 Å². The smallest absolute Gasteiger partial charge is 0.143 e. The SMILES string of the molecule is C1=CC(c2cccc3c2oc2cc4ccccc4cc23)=C(N(c2ccc(-c3cccc(-c4ccc5ccccc5c4)c3)cc2)c2ccc(-c3ccc4ccccc4c3)cc2)CC1. The second-order valence-electron chi connectivity index (χ2n) is 16.4. The summed E-state index contributed by atoms with van der Waals surface area (Å²) in [5, 5.41) is 9.68. The van der Waals surface area contributed by atoms with Crippen LogP contribution in [0.5, 0.6) is 0 Å². The molecular formula is C60H41NO.